The van der Waals surface area contributed by atoms with Gasteiger partial charge in [-0.2, -0.15) is 16.6 Å². The fourth-order valence-corrected chi connectivity index (χ4v) is 3.33. The van der Waals surface area contributed by atoms with E-state index in [9.17, 15) is 10.1 Å². The van der Waals surface area contributed by atoms with E-state index in [0.717, 1.165) is 31.2 Å². The van der Waals surface area contributed by atoms with Crippen LogP contribution in [0.25, 0.3) is 0 Å². The first-order valence-electron chi connectivity index (χ1n) is 6.97. The molecule has 102 valence electrons. The molecule has 0 spiro atoms. The maximum Gasteiger partial charge on any atom is 0.225 e. The Hall–Kier alpha value is -1.34. The van der Waals surface area contributed by atoms with Crippen LogP contribution in [0.5, 0.6) is 0 Å². The molecule has 0 bridgehead atoms. The first-order valence-corrected chi connectivity index (χ1v) is 7.92. The first kappa shape index (κ1) is 14.1. The zero-order chi connectivity index (χ0) is 13.6. The van der Waals surface area contributed by atoms with Gasteiger partial charge in [0.25, 0.3) is 0 Å². The van der Waals surface area contributed by atoms with Gasteiger partial charge in [-0.1, -0.05) is 32.1 Å². The Balaban J connectivity index is 1.96. The smallest absolute Gasteiger partial charge is 0.225 e. The Labute approximate surface area is 118 Å². The monoisotopic (exact) mass is 276 g/mol. The van der Waals surface area contributed by atoms with E-state index in [0.29, 0.717) is 6.42 Å². The van der Waals surface area contributed by atoms with Gasteiger partial charge in [-0.3, -0.25) is 4.79 Å². The molecule has 1 N–H and O–H groups in total. The van der Waals surface area contributed by atoms with Crippen molar-refractivity contribution in [2.24, 2.45) is 0 Å². The molecule has 0 radical (unpaired) electrons. The Morgan fingerprint density at radius 2 is 2.00 bits per heavy atom. The molecule has 1 saturated carbocycles. The normalized spacial score (nSPS) is 18.9. The van der Waals surface area contributed by atoms with E-state index in [4.69, 9.17) is 0 Å². The number of carbonyl (C=O) groups is 1. The molecule has 0 unspecified atom stereocenters. The van der Waals surface area contributed by atoms with Gasteiger partial charge in [0.2, 0.25) is 5.91 Å². The molecule has 0 aliphatic heterocycles. The second-order valence-corrected chi connectivity index (χ2v) is 6.10. The topological polar surface area (TPSA) is 52.9 Å². The van der Waals surface area contributed by atoms with Gasteiger partial charge in [0.05, 0.1) is 12.5 Å². The average molecular weight is 276 g/mol. The highest BCUT2D eigenvalue weighted by molar-refractivity contribution is 7.07. The standard InChI is InChI=1S/C15H20N2OS/c16-12-15(7-4-2-1-3-5-8-15)17-14(18)10-13-6-9-19-11-13/h6,9,11H,1-5,7-8,10H2,(H,17,18). The molecule has 19 heavy (non-hydrogen) atoms. The van der Waals surface area contributed by atoms with Gasteiger partial charge in [0.15, 0.2) is 0 Å². The van der Waals surface area contributed by atoms with Crippen LogP contribution in [-0.4, -0.2) is 11.4 Å². The van der Waals surface area contributed by atoms with Gasteiger partial charge < -0.3 is 5.32 Å². The van der Waals surface area contributed by atoms with Crippen LogP contribution in [0.2, 0.25) is 0 Å². The van der Waals surface area contributed by atoms with Crippen molar-refractivity contribution < 1.29 is 4.79 Å². The Bertz CT molecular complexity index is 439. The van der Waals surface area contributed by atoms with E-state index in [1.807, 2.05) is 16.8 Å². The number of hydrogen-bond acceptors (Lipinski definition) is 3. The van der Waals surface area contributed by atoms with Crippen molar-refractivity contribution in [2.45, 2.75) is 56.9 Å². The van der Waals surface area contributed by atoms with E-state index in [1.54, 1.807) is 11.3 Å². The third-order valence-corrected chi connectivity index (χ3v) is 4.48. The fraction of sp³-hybridized carbons (Fsp3) is 0.600. The molecule has 3 nitrogen and oxygen atoms in total. The number of hydrogen-bond donors (Lipinski definition) is 1. The van der Waals surface area contributed by atoms with E-state index in [2.05, 4.69) is 11.4 Å². The summed E-state index contributed by atoms with van der Waals surface area (Å²) in [6.45, 7) is 0. The van der Waals surface area contributed by atoms with Crippen molar-refractivity contribution in [3.8, 4) is 6.07 Å². The predicted molar refractivity (Wildman–Crippen MR) is 76.8 cm³/mol. The van der Waals surface area contributed by atoms with Crippen molar-refractivity contribution in [1.82, 2.24) is 5.32 Å². The lowest BCUT2D eigenvalue weighted by Gasteiger charge is -2.29. The number of nitrogens with one attached hydrogen (secondary N) is 1. The number of carbonyl (C=O) groups excluding carboxylic acids is 1. The van der Waals surface area contributed by atoms with Crippen LogP contribution < -0.4 is 5.32 Å². The van der Waals surface area contributed by atoms with E-state index >= 15 is 0 Å². The molecule has 4 heteroatoms. The van der Waals surface area contributed by atoms with Gasteiger partial charge >= 0.3 is 0 Å². The minimum atomic E-state index is -0.631. The molecule has 1 aromatic heterocycles. The van der Waals surface area contributed by atoms with Gasteiger partial charge in [-0.15, -0.1) is 0 Å². The Morgan fingerprint density at radius 1 is 1.32 bits per heavy atom. The molecule has 0 aromatic carbocycles. The summed E-state index contributed by atoms with van der Waals surface area (Å²) in [5.74, 6) is -0.0273. The van der Waals surface area contributed by atoms with Crippen LogP contribution in [0.4, 0.5) is 0 Å². The molecule has 0 atom stereocenters. The number of nitriles is 1. The number of rotatable bonds is 3. The van der Waals surface area contributed by atoms with Crippen molar-refractivity contribution in [2.75, 3.05) is 0 Å². The van der Waals surface area contributed by atoms with Crippen molar-refractivity contribution >= 4 is 17.2 Å². The van der Waals surface area contributed by atoms with Crippen LogP contribution in [0.1, 0.15) is 50.5 Å². The number of thiophene rings is 1. The zero-order valence-corrected chi connectivity index (χ0v) is 12.0. The summed E-state index contributed by atoms with van der Waals surface area (Å²) >= 11 is 1.59. The van der Waals surface area contributed by atoms with Crippen LogP contribution in [-0.2, 0) is 11.2 Å². The highest BCUT2D eigenvalue weighted by atomic mass is 32.1. The lowest BCUT2D eigenvalue weighted by atomic mass is 9.85. The molecule has 2 rings (SSSR count). The summed E-state index contributed by atoms with van der Waals surface area (Å²) in [6, 6.07) is 4.33. The number of amides is 1. The van der Waals surface area contributed by atoms with E-state index in [-0.39, 0.29) is 5.91 Å². The van der Waals surface area contributed by atoms with E-state index < -0.39 is 5.54 Å². The van der Waals surface area contributed by atoms with Crippen LogP contribution in [0.15, 0.2) is 16.8 Å². The summed E-state index contributed by atoms with van der Waals surface area (Å²) in [7, 11) is 0. The zero-order valence-electron chi connectivity index (χ0n) is 11.2. The van der Waals surface area contributed by atoms with Crippen LogP contribution in [0, 0.1) is 11.3 Å². The minimum absolute atomic E-state index is 0.0273. The summed E-state index contributed by atoms with van der Waals surface area (Å²) in [6.07, 6.45) is 7.63. The van der Waals surface area contributed by atoms with Gasteiger partial charge in [-0.25, -0.2) is 0 Å². The maximum atomic E-state index is 12.1. The largest absolute Gasteiger partial charge is 0.338 e. The molecule has 1 aliphatic carbocycles. The second-order valence-electron chi connectivity index (χ2n) is 5.32. The van der Waals surface area contributed by atoms with Crippen LogP contribution >= 0.6 is 11.3 Å². The van der Waals surface area contributed by atoms with Crippen molar-refractivity contribution in [1.29, 1.82) is 5.26 Å². The van der Waals surface area contributed by atoms with Crippen molar-refractivity contribution in [3.63, 3.8) is 0 Å². The number of nitrogens with zero attached hydrogens (tertiary/aromatic N) is 1. The lowest BCUT2D eigenvalue weighted by molar-refractivity contribution is -0.122. The lowest BCUT2D eigenvalue weighted by Crippen LogP contribution is -2.48. The highest BCUT2D eigenvalue weighted by Gasteiger charge is 2.31. The predicted octanol–water partition coefficient (Wildman–Crippen LogP) is 3.41. The first-order chi connectivity index (χ1) is 9.24. The summed E-state index contributed by atoms with van der Waals surface area (Å²) in [5.41, 5.74) is 0.398. The SMILES string of the molecule is N#CC1(NC(=O)Cc2ccsc2)CCCCCCC1. The van der Waals surface area contributed by atoms with Gasteiger partial charge in [0.1, 0.15) is 5.54 Å². The summed E-state index contributed by atoms with van der Waals surface area (Å²) in [5, 5.41) is 16.4. The summed E-state index contributed by atoms with van der Waals surface area (Å²) in [4.78, 5) is 12.1. The third-order valence-electron chi connectivity index (χ3n) is 3.74. The Morgan fingerprint density at radius 3 is 2.58 bits per heavy atom. The molecule has 1 heterocycles. The fourth-order valence-electron chi connectivity index (χ4n) is 2.66. The molecular formula is C15H20N2OS. The molecule has 1 fully saturated rings. The van der Waals surface area contributed by atoms with Gasteiger partial charge in [-0.05, 0) is 35.2 Å². The van der Waals surface area contributed by atoms with Gasteiger partial charge in [0, 0.05) is 0 Å². The molecular weight excluding hydrogens is 256 g/mol. The molecule has 1 amide bonds. The average Bonchev–Trinajstić information content (AvgIpc) is 2.85. The second kappa shape index (κ2) is 6.72. The molecule has 1 aliphatic rings. The highest BCUT2D eigenvalue weighted by Crippen LogP contribution is 2.26. The molecule has 1 aromatic rings. The third kappa shape index (κ3) is 4.07. The minimum Gasteiger partial charge on any atom is -0.338 e. The quantitative estimate of drug-likeness (QED) is 0.919. The van der Waals surface area contributed by atoms with Crippen molar-refractivity contribution in [3.05, 3.63) is 22.4 Å². The Kier molecular flexibility index (Phi) is 4.98. The maximum absolute atomic E-state index is 12.1. The molecule has 0 saturated heterocycles. The van der Waals surface area contributed by atoms with E-state index in [1.165, 1.54) is 19.3 Å². The van der Waals surface area contributed by atoms with Crippen LogP contribution in [0.3, 0.4) is 0 Å². The summed E-state index contributed by atoms with van der Waals surface area (Å²) < 4.78 is 0.